The second-order valence-electron chi connectivity index (χ2n) is 8.25. The van der Waals surface area contributed by atoms with E-state index in [9.17, 15) is 0 Å². The van der Waals surface area contributed by atoms with Gasteiger partial charge in [-0.05, 0) is 40.5 Å². The van der Waals surface area contributed by atoms with Crippen LogP contribution in [0.25, 0.3) is 0 Å². The summed E-state index contributed by atoms with van der Waals surface area (Å²) in [5, 5.41) is 15.9. The molecule has 1 saturated heterocycles. The fraction of sp³-hybridized carbons (Fsp3) is 0.778. The third kappa shape index (κ3) is 4.19. The van der Waals surface area contributed by atoms with Crippen LogP contribution in [0.2, 0.25) is 0 Å². The first-order chi connectivity index (χ1) is 12.3. The molecule has 1 aliphatic heterocycles. The SMILES string of the molecule is CC1(C)OB(c2cnc(N[C@@H]3CCCC[C@@H]3NCCO)nc2)OC1(C)C. The fourth-order valence-corrected chi connectivity index (χ4v) is 3.48. The van der Waals surface area contributed by atoms with Crippen LogP contribution in [0.5, 0.6) is 0 Å². The van der Waals surface area contributed by atoms with Crippen LogP contribution < -0.4 is 16.1 Å². The Labute approximate surface area is 156 Å². The average Bonchev–Trinajstić information content (AvgIpc) is 2.82. The number of aliphatic hydroxyl groups excluding tert-OH is 1. The molecule has 8 heteroatoms. The molecule has 1 aromatic heterocycles. The third-order valence-corrected chi connectivity index (χ3v) is 5.80. The number of anilines is 1. The molecule has 1 aliphatic carbocycles. The minimum Gasteiger partial charge on any atom is -0.399 e. The van der Waals surface area contributed by atoms with Crippen LogP contribution in [0.4, 0.5) is 5.95 Å². The summed E-state index contributed by atoms with van der Waals surface area (Å²) in [4.78, 5) is 8.94. The summed E-state index contributed by atoms with van der Waals surface area (Å²) in [5.41, 5.74) is 0.0812. The van der Waals surface area contributed by atoms with Crippen LogP contribution in [-0.4, -0.2) is 58.6 Å². The molecule has 1 saturated carbocycles. The quantitative estimate of drug-likeness (QED) is 0.653. The summed E-state index contributed by atoms with van der Waals surface area (Å²) in [6.07, 6.45) is 8.13. The van der Waals surface area contributed by atoms with Gasteiger partial charge < -0.3 is 25.0 Å². The van der Waals surface area contributed by atoms with Crippen molar-refractivity contribution < 1.29 is 14.4 Å². The first-order valence-electron chi connectivity index (χ1n) is 9.61. The Hall–Kier alpha value is -1.22. The molecular weight excluding hydrogens is 331 g/mol. The first kappa shape index (κ1) is 19.5. The van der Waals surface area contributed by atoms with Gasteiger partial charge in [-0.3, -0.25) is 0 Å². The van der Waals surface area contributed by atoms with Gasteiger partial charge in [0.05, 0.1) is 17.8 Å². The van der Waals surface area contributed by atoms with Gasteiger partial charge in [0.25, 0.3) is 0 Å². The molecule has 0 aromatic carbocycles. The zero-order chi connectivity index (χ0) is 18.8. The molecule has 26 heavy (non-hydrogen) atoms. The van der Waals surface area contributed by atoms with E-state index in [2.05, 4.69) is 20.6 Å². The van der Waals surface area contributed by atoms with E-state index in [1.54, 1.807) is 12.4 Å². The van der Waals surface area contributed by atoms with Crippen molar-refractivity contribution in [3.8, 4) is 0 Å². The van der Waals surface area contributed by atoms with Crippen LogP contribution in [0.15, 0.2) is 12.4 Å². The number of hydrogen-bond acceptors (Lipinski definition) is 7. The zero-order valence-electron chi connectivity index (χ0n) is 16.3. The summed E-state index contributed by atoms with van der Waals surface area (Å²) in [6.45, 7) is 8.91. The predicted molar refractivity (Wildman–Crippen MR) is 103 cm³/mol. The molecule has 3 rings (SSSR count). The smallest absolute Gasteiger partial charge is 0.399 e. The molecule has 3 N–H and O–H groups in total. The van der Waals surface area contributed by atoms with E-state index < -0.39 is 7.12 Å². The van der Waals surface area contributed by atoms with Gasteiger partial charge in [0.15, 0.2) is 0 Å². The summed E-state index contributed by atoms with van der Waals surface area (Å²) in [6, 6.07) is 0.611. The average molecular weight is 362 g/mol. The summed E-state index contributed by atoms with van der Waals surface area (Å²) in [7, 11) is -0.442. The van der Waals surface area contributed by atoms with Gasteiger partial charge in [-0.25, -0.2) is 9.97 Å². The van der Waals surface area contributed by atoms with Gasteiger partial charge in [0.2, 0.25) is 5.95 Å². The van der Waals surface area contributed by atoms with Gasteiger partial charge in [-0.1, -0.05) is 12.8 Å². The van der Waals surface area contributed by atoms with Gasteiger partial charge in [0, 0.05) is 36.5 Å². The Morgan fingerprint density at radius 3 is 2.23 bits per heavy atom. The van der Waals surface area contributed by atoms with Gasteiger partial charge in [-0.15, -0.1) is 0 Å². The summed E-state index contributed by atoms with van der Waals surface area (Å²) >= 11 is 0. The van der Waals surface area contributed by atoms with E-state index in [1.165, 1.54) is 12.8 Å². The standard InChI is InChI=1S/C18H31BN4O3/c1-17(2)18(3,4)26-19(25-17)13-11-21-16(22-12-13)23-15-8-6-5-7-14(15)20-9-10-24/h11-12,14-15,20,24H,5-10H2,1-4H3,(H,21,22,23)/t14-,15+/m0/s1. The lowest BCUT2D eigenvalue weighted by Gasteiger charge is -2.32. The Morgan fingerprint density at radius 1 is 1.08 bits per heavy atom. The Balaban J connectivity index is 1.63. The molecule has 2 fully saturated rings. The molecule has 2 atom stereocenters. The monoisotopic (exact) mass is 362 g/mol. The number of aromatic nitrogens is 2. The van der Waals surface area contributed by atoms with Crippen molar-refractivity contribution in [2.75, 3.05) is 18.5 Å². The minimum absolute atomic E-state index is 0.155. The van der Waals surface area contributed by atoms with Crippen molar-refractivity contribution in [1.29, 1.82) is 0 Å². The Morgan fingerprint density at radius 2 is 1.65 bits per heavy atom. The Bertz CT molecular complexity index is 581. The maximum atomic E-state index is 9.05. The lowest BCUT2D eigenvalue weighted by molar-refractivity contribution is 0.00578. The molecule has 0 amide bonds. The lowest BCUT2D eigenvalue weighted by atomic mass is 9.81. The molecule has 2 aliphatic rings. The van der Waals surface area contributed by atoms with E-state index >= 15 is 0 Å². The predicted octanol–water partition coefficient (Wildman–Crippen LogP) is 1.08. The van der Waals surface area contributed by atoms with Crippen molar-refractivity contribution in [3.05, 3.63) is 12.4 Å². The van der Waals surface area contributed by atoms with Crippen molar-refractivity contribution in [2.45, 2.75) is 76.7 Å². The van der Waals surface area contributed by atoms with Crippen LogP contribution in [0.1, 0.15) is 53.4 Å². The molecule has 2 heterocycles. The summed E-state index contributed by atoms with van der Waals surface area (Å²) in [5.74, 6) is 0.618. The fourth-order valence-electron chi connectivity index (χ4n) is 3.48. The zero-order valence-corrected chi connectivity index (χ0v) is 16.3. The Kier molecular flexibility index (Phi) is 5.86. The first-order valence-corrected chi connectivity index (χ1v) is 9.61. The lowest BCUT2D eigenvalue weighted by Crippen LogP contribution is -2.47. The van der Waals surface area contributed by atoms with Crippen molar-refractivity contribution in [2.24, 2.45) is 0 Å². The number of hydrogen-bond donors (Lipinski definition) is 3. The second-order valence-corrected chi connectivity index (χ2v) is 8.25. The number of aliphatic hydroxyl groups is 1. The molecule has 0 radical (unpaired) electrons. The molecular formula is C18H31BN4O3. The van der Waals surface area contributed by atoms with Gasteiger partial charge >= 0.3 is 7.12 Å². The number of nitrogens with zero attached hydrogens (tertiary/aromatic N) is 2. The molecule has 0 bridgehead atoms. The molecule has 0 unspecified atom stereocenters. The largest absolute Gasteiger partial charge is 0.498 e. The van der Waals surface area contributed by atoms with Gasteiger partial charge in [0.1, 0.15) is 0 Å². The molecule has 1 aromatic rings. The maximum Gasteiger partial charge on any atom is 0.498 e. The highest BCUT2D eigenvalue weighted by Gasteiger charge is 2.51. The van der Waals surface area contributed by atoms with Crippen molar-refractivity contribution in [3.63, 3.8) is 0 Å². The van der Waals surface area contributed by atoms with E-state index in [0.717, 1.165) is 18.3 Å². The topological polar surface area (TPSA) is 88.5 Å². The van der Waals surface area contributed by atoms with E-state index in [0.29, 0.717) is 18.5 Å². The van der Waals surface area contributed by atoms with Crippen molar-refractivity contribution >= 4 is 18.5 Å². The highest BCUT2D eigenvalue weighted by molar-refractivity contribution is 6.61. The molecule has 144 valence electrons. The van der Waals surface area contributed by atoms with Crippen LogP contribution in [0.3, 0.4) is 0 Å². The normalized spacial score (nSPS) is 27.5. The van der Waals surface area contributed by atoms with Gasteiger partial charge in [-0.2, -0.15) is 0 Å². The van der Waals surface area contributed by atoms with E-state index in [1.807, 2.05) is 27.7 Å². The van der Waals surface area contributed by atoms with Crippen molar-refractivity contribution in [1.82, 2.24) is 15.3 Å². The maximum absolute atomic E-state index is 9.05. The highest BCUT2D eigenvalue weighted by Crippen LogP contribution is 2.36. The van der Waals surface area contributed by atoms with E-state index in [-0.39, 0.29) is 23.9 Å². The number of nitrogens with one attached hydrogen (secondary N) is 2. The highest BCUT2D eigenvalue weighted by atomic mass is 16.7. The minimum atomic E-state index is -0.442. The molecule has 7 nitrogen and oxygen atoms in total. The third-order valence-electron chi connectivity index (χ3n) is 5.80. The van der Waals surface area contributed by atoms with Crippen LogP contribution in [-0.2, 0) is 9.31 Å². The summed E-state index contributed by atoms with van der Waals surface area (Å²) < 4.78 is 12.1. The number of rotatable bonds is 6. The van der Waals surface area contributed by atoms with Crippen LogP contribution >= 0.6 is 0 Å². The van der Waals surface area contributed by atoms with E-state index in [4.69, 9.17) is 14.4 Å². The molecule has 0 spiro atoms. The second kappa shape index (κ2) is 7.80. The van der Waals surface area contributed by atoms with Crippen LogP contribution in [0, 0.1) is 0 Å².